The Morgan fingerprint density at radius 3 is 2.19 bits per heavy atom. The zero-order valence-corrected chi connectivity index (χ0v) is 17.6. The molecule has 0 fully saturated rings. The van der Waals surface area contributed by atoms with Crippen LogP contribution < -0.4 is 9.47 Å². The fourth-order valence-corrected chi connectivity index (χ4v) is 3.68. The Morgan fingerprint density at radius 1 is 1.00 bits per heavy atom. The van der Waals surface area contributed by atoms with Gasteiger partial charge in [0.2, 0.25) is 0 Å². The summed E-state index contributed by atoms with van der Waals surface area (Å²) in [6.45, 7) is 0.112. The number of hydrogen-bond acceptors (Lipinski definition) is 6. The monoisotopic (exact) mass is 449 g/mol. The van der Waals surface area contributed by atoms with Crippen LogP contribution in [0, 0.1) is 10.1 Å². The molecule has 0 unspecified atom stereocenters. The van der Waals surface area contributed by atoms with Crippen molar-refractivity contribution in [1.82, 2.24) is 0 Å². The molecule has 0 saturated carbocycles. The number of benzene rings is 3. The maximum Gasteiger partial charge on any atom is 0.269 e. The number of nitro groups is 1. The lowest BCUT2D eigenvalue weighted by Crippen LogP contribution is -2.01. The third-order valence-electron chi connectivity index (χ3n) is 5.00. The van der Waals surface area contributed by atoms with Gasteiger partial charge in [-0.15, -0.1) is 0 Å². The highest BCUT2D eigenvalue weighted by Gasteiger charge is 2.32. The van der Waals surface area contributed by atoms with Crippen LogP contribution in [0.1, 0.15) is 31.8 Å². The SMILES string of the molecule is COc1cc(C=C2C(=O)c3ccccc3C2=O)cc(Cl)c1OCc1ccc([N+](=O)[O-])cc1. The number of carbonyl (C=O) groups is 2. The Morgan fingerprint density at radius 2 is 1.62 bits per heavy atom. The molecule has 0 bridgehead atoms. The molecule has 0 radical (unpaired) electrons. The minimum absolute atomic E-state index is 0.0140. The van der Waals surface area contributed by atoms with Crippen molar-refractivity contribution in [3.05, 3.63) is 104 Å². The van der Waals surface area contributed by atoms with E-state index >= 15 is 0 Å². The number of carbonyl (C=O) groups excluding carboxylic acids is 2. The van der Waals surface area contributed by atoms with E-state index < -0.39 is 4.92 Å². The standard InChI is InChI=1S/C24H16ClNO6/c1-31-21-12-15(10-19-22(27)17-4-2-3-5-18(17)23(19)28)11-20(25)24(21)32-13-14-6-8-16(9-7-14)26(29)30/h2-12H,13H2,1H3. The molecule has 0 saturated heterocycles. The van der Waals surface area contributed by atoms with E-state index in [1.807, 2.05) is 0 Å². The number of Topliss-reactive ketones (excluding diaryl/α,β-unsaturated/α-hetero) is 2. The number of nitrogens with zero attached hydrogens (tertiary/aromatic N) is 1. The molecule has 0 heterocycles. The largest absolute Gasteiger partial charge is 0.493 e. The second-order valence-electron chi connectivity index (χ2n) is 7.01. The van der Waals surface area contributed by atoms with E-state index in [0.29, 0.717) is 28.0 Å². The number of ether oxygens (including phenoxy) is 2. The number of ketones is 2. The maximum atomic E-state index is 12.6. The molecule has 0 spiro atoms. The molecule has 4 rings (SSSR count). The first-order valence-electron chi connectivity index (χ1n) is 9.53. The molecule has 0 atom stereocenters. The number of nitro benzene ring substituents is 1. The molecule has 1 aliphatic rings. The van der Waals surface area contributed by atoms with Crippen LogP contribution in [0.2, 0.25) is 5.02 Å². The summed E-state index contributed by atoms with van der Waals surface area (Å²) in [5.74, 6) is -0.0675. The average Bonchev–Trinajstić information content (AvgIpc) is 3.03. The fourth-order valence-electron chi connectivity index (χ4n) is 3.40. The average molecular weight is 450 g/mol. The number of hydrogen-bond donors (Lipinski definition) is 0. The molecule has 0 N–H and O–H groups in total. The summed E-state index contributed by atoms with van der Waals surface area (Å²) in [6.07, 6.45) is 1.49. The zero-order chi connectivity index (χ0) is 22.8. The quantitative estimate of drug-likeness (QED) is 0.219. The van der Waals surface area contributed by atoms with E-state index in [1.54, 1.807) is 48.5 Å². The predicted molar refractivity (Wildman–Crippen MR) is 119 cm³/mol. The Balaban J connectivity index is 1.59. The van der Waals surface area contributed by atoms with Gasteiger partial charge in [0.1, 0.15) is 6.61 Å². The molecule has 1 aliphatic carbocycles. The summed E-state index contributed by atoms with van der Waals surface area (Å²) < 4.78 is 11.2. The lowest BCUT2D eigenvalue weighted by atomic mass is 10.1. The van der Waals surface area contributed by atoms with Gasteiger partial charge in [-0.3, -0.25) is 19.7 Å². The first-order chi connectivity index (χ1) is 15.4. The zero-order valence-electron chi connectivity index (χ0n) is 16.8. The van der Waals surface area contributed by atoms with Crippen LogP contribution in [0.25, 0.3) is 6.08 Å². The molecule has 0 aliphatic heterocycles. The molecule has 8 heteroatoms. The molecule has 0 amide bonds. The molecule has 7 nitrogen and oxygen atoms in total. The topological polar surface area (TPSA) is 95.7 Å². The Hall–Kier alpha value is -3.97. The smallest absolute Gasteiger partial charge is 0.269 e. The van der Waals surface area contributed by atoms with Crippen molar-refractivity contribution in [2.75, 3.05) is 7.11 Å². The van der Waals surface area contributed by atoms with Crippen LogP contribution in [-0.2, 0) is 6.61 Å². The summed E-state index contributed by atoms with van der Waals surface area (Å²) >= 11 is 6.40. The summed E-state index contributed by atoms with van der Waals surface area (Å²) in [6, 6.07) is 15.8. The first kappa shape index (κ1) is 21.3. The fraction of sp³-hybridized carbons (Fsp3) is 0.0833. The minimum Gasteiger partial charge on any atom is -0.493 e. The van der Waals surface area contributed by atoms with Gasteiger partial charge in [-0.25, -0.2) is 0 Å². The van der Waals surface area contributed by atoms with Crippen molar-refractivity contribution < 1.29 is 24.0 Å². The number of non-ortho nitro benzene ring substituents is 1. The lowest BCUT2D eigenvalue weighted by Gasteiger charge is -2.13. The molecular weight excluding hydrogens is 434 g/mol. The van der Waals surface area contributed by atoms with Gasteiger partial charge in [0.15, 0.2) is 23.1 Å². The van der Waals surface area contributed by atoms with E-state index in [1.165, 1.54) is 25.3 Å². The molecule has 0 aromatic heterocycles. The molecule has 160 valence electrons. The summed E-state index contributed by atoms with van der Waals surface area (Å²) in [4.78, 5) is 35.5. The second-order valence-corrected chi connectivity index (χ2v) is 7.42. The van der Waals surface area contributed by atoms with Gasteiger partial charge in [0.25, 0.3) is 5.69 Å². The van der Waals surface area contributed by atoms with Crippen LogP contribution in [0.15, 0.2) is 66.2 Å². The van der Waals surface area contributed by atoms with Crippen molar-refractivity contribution in [2.24, 2.45) is 0 Å². The number of fused-ring (bicyclic) bond motifs is 1. The molecule has 3 aromatic carbocycles. The van der Waals surface area contributed by atoms with Crippen molar-refractivity contribution in [2.45, 2.75) is 6.61 Å². The Bertz CT molecular complexity index is 1240. The van der Waals surface area contributed by atoms with Gasteiger partial charge in [-0.2, -0.15) is 0 Å². The van der Waals surface area contributed by atoms with E-state index in [2.05, 4.69) is 0 Å². The van der Waals surface area contributed by atoms with E-state index in [0.717, 1.165) is 0 Å². The van der Waals surface area contributed by atoms with Crippen LogP contribution >= 0.6 is 11.6 Å². The molecule has 3 aromatic rings. The van der Waals surface area contributed by atoms with Crippen molar-refractivity contribution in [3.63, 3.8) is 0 Å². The number of methoxy groups -OCH3 is 1. The van der Waals surface area contributed by atoms with Crippen LogP contribution in [0.5, 0.6) is 11.5 Å². The maximum absolute atomic E-state index is 12.6. The third-order valence-corrected chi connectivity index (χ3v) is 5.28. The number of rotatable bonds is 6. The van der Waals surface area contributed by atoms with Gasteiger partial charge in [-0.05, 0) is 41.5 Å². The van der Waals surface area contributed by atoms with Gasteiger partial charge in [0.05, 0.1) is 22.6 Å². The second kappa shape index (κ2) is 8.64. The Kier molecular flexibility index (Phi) is 5.75. The number of halogens is 1. The highest BCUT2D eigenvalue weighted by molar-refractivity contribution is 6.41. The summed E-state index contributed by atoms with van der Waals surface area (Å²) in [7, 11) is 1.45. The van der Waals surface area contributed by atoms with Crippen LogP contribution in [0.3, 0.4) is 0 Å². The van der Waals surface area contributed by atoms with Gasteiger partial charge < -0.3 is 9.47 Å². The van der Waals surface area contributed by atoms with E-state index in [-0.39, 0.29) is 40.2 Å². The lowest BCUT2D eigenvalue weighted by molar-refractivity contribution is -0.384. The van der Waals surface area contributed by atoms with E-state index in [9.17, 15) is 19.7 Å². The summed E-state index contributed by atoms with van der Waals surface area (Å²) in [5.41, 5.74) is 2.03. The Labute approximate surface area is 188 Å². The van der Waals surface area contributed by atoms with Crippen molar-refractivity contribution >= 4 is 34.9 Å². The van der Waals surface area contributed by atoms with Gasteiger partial charge in [-0.1, -0.05) is 35.9 Å². The third kappa shape index (κ3) is 3.98. The van der Waals surface area contributed by atoms with Gasteiger partial charge >= 0.3 is 0 Å². The predicted octanol–water partition coefficient (Wildman–Crippen LogP) is 5.30. The highest BCUT2D eigenvalue weighted by Crippen LogP contribution is 2.38. The highest BCUT2D eigenvalue weighted by atomic mass is 35.5. The van der Waals surface area contributed by atoms with Gasteiger partial charge in [0, 0.05) is 23.3 Å². The summed E-state index contributed by atoms with van der Waals surface area (Å²) in [5, 5.41) is 11.0. The molecule has 32 heavy (non-hydrogen) atoms. The van der Waals surface area contributed by atoms with Crippen molar-refractivity contribution in [1.29, 1.82) is 0 Å². The minimum atomic E-state index is -0.476. The number of allylic oxidation sites excluding steroid dienone is 1. The normalized spacial score (nSPS) is 12.5. The van der Waals surface area contributed by atoms with E-state index in [4.69, 9.17) is 21.1 Å². The first-order valence-corrected chi connectivity index (χ1v) is 9.90. The van der Waals surface area contributed by atoms with Crippen LogP contribution in [0.4, 0.5) is 5.69 Å². The molecular formula is C24H16ClNO6. The van der Waals surface area contributed by atoms with Crippen LogP contribution in [-0.4, -0.2) is 23.6 Å². The van der Waals surface area contributed by atoms with Crippen molar-refractivity contribution in [3.8, 4) is 11.5 Å².